The summed E-state index contributed by atoms with van der Waals surface area (Å²) in [5.41, 5.74) is 0. The lowest BCUT2D eigenvalue weighted by Gasteiger charge is -2.41. The second kappa shape index (κ2) is 9.94. The van der Waals surface area contributed by atoms with Crippen LogP contribution >= 0.6 is 7.60 Å². The van der Waals surface area contributed by atoms with Crippen LogP contribution in [0.1, 0.15) is 41.5 Å². The molecule has 0 radical (unpaired) electrons. The Balaban J connectivity index is 3.29. The highest BCUT2D eigenvalue weighted by Gasteiger charge is 2.47. The normalized spacial score (nSPS) is 17.8. The molecule has 1 aliphatic rings. The molecule has 0 saturated heterocycles. The Kier molecular flexibility index (Phi) is 8.59. The summed E-state index contributed by atoms with van der Waals surface area (Å²) in [4.78, 5) is 25.1. The smallest absolute Gasteiger partial charge is 0.430 e. The number of hydrogen-bond acceptors (Lipinski definition) is 7. The van der Waals surface area contributed by atoms with Gasteiger partial charge in [-0.25, -0.2) is 14.6 Å². The van der Waals surface area contributed by atoms with Crippen molar-refractivity contribution < 1.29 is 32.7 Å². The van der Waals surface area contributed by atoms with Crippen LogP contribution in [0, 0.1) is 0 Å². The van der Waals surface area contributed by atoms with E-state index < -0.39 is 31.7 Å². The maximum Gasteiger partial charge on any atom is 0.430 e. The van der Waals surface area contributed by atoms with Crippen LogP contribution < -0.4 is 0 Å². The Labute approximate surface area is 154 Å². The zero-order valence-electron chi connectivity index (χ0n) is 16.2. The monoisotopic (exact) mass is 392 g/mol. The molecule has 1 unspecified atom stereocenters. The van der Waals surface area contributed by atoms with Crippen molar-refractivity contribution in [2.24, 2.45) is 0 Å². The molecule has 0 aromatic carbocycles. The number of carbonyl (C=O) groups excluding carboxylic acids is 2. The van der Waals surface area contributed by atoms with E-state index in [1.54, 1.807) is 47.6 Å². The van der Waals surface area contributed by atoms with Crippen molar-refractivity contribution in [2.75, 3.05) is 19.8 Å². The number of rotatable bonds is 7. The van der Waals surface area contributed by atoms with Gasteiger partial charge in [-0.2, -0.15) is 5.01 Å². The van der Waals surface area contributed by atoms with Crippen LogP contribution in [0.4, 0.5) is 9.59 Å². The molecule has 1 heterocycles. The van der Waals surface area contributed by atoms with Gasteiger partial charge in [-0.3, -0.25) is 4.57 Å². The first-order chi connectivity index (χ1) is 12.2. The van der Waals surface area contributed by atoms with E-state index in [1.165, 1.54) is 6.08 Å². The number of ether oxygens (including phenoxy) is 2. The molecule has 150 valence electrons. The number of hydrogen-bond donors (Lipinski definition) is 0. The lowest BCUT2D eigenvalue weighted by Crippen LogP contribution is -2.57. The molecule has 0 bridgehead atoms. The molecule has 0 spiro atoms. The van der Waals surface area contributed by atoms with E-state index in [0.29, 0.717) is 0 Å². The standard InChI is InChI=1S/C16H29N2O7P/c1-7-22-26(21,23-8-2)14-10-9-11-17(15(19)24-12(3)4)18(14)16(20)25-13(5)6/h9-10,12-14H,7-8,11H2,1-6H3. The summed E-state index contributed by atoms with van der Waals surface area (Å²) >= 11 is 0. The average Bonchev–Trinajstić information content (AvgIpc) is 2.53. The van der Waals surface area contributed by atoms with E-state index in [9.17, 15) is 14.2 Å². The minimum absolute atomic E-state index is 0.0630. The van der Waals surface area contributed by atoms with Gasteiger partial charge in [0.05, 0.1) is 32.0 Å². The minimum Gasteiger partial charge on any atom is -0.445 e. The Morgan fingerprint density at radius 2 is 1.54 bits per heavy atom. The van der Waals surface area contributed by atoms with Crippen LogP contribution in [-0.4, -0.2) is 60.0 Å². The van der Waals surface area contributed by atoms with Gasteiger partial charge in [-0.15, -0.1) is 0 Å². The summed E-state index contributed by atoms with van der Waals surface area (Å²) in [5, 5.41) is 2.00. The fourth-order valence-electron chi connectivity index (χ4n) is 2.27. The number of amides is 2. The van der Waals surface area contributed by atoms with Crippen molar-refractivity contribution in [3.8, 4) is 0 Å². The van der Waals surface area contributed by atoms with Gasteiger partial charge in [-0.05, 0) is 47.6 Å². The second-order valence-corrected chi connectivity index (χ2v) is 8.13. The van der Waals surface area contributed by atoms with Gasteiger partial charge in [-0.1, -0.05) is 6.08 Å². The highest BCUT2D eigenvalue weighted by atomic mass is 31.2. The molecule has 1 rings (SSSR count). The van der Waals surface area contributed by atoms with E-state index in [1.807, 2.05) is 0 Å². The number of nitrogens with zero attached hydrogens (tertiary/aromatic N) is 2. The predicted octanol–water partition coefficient (Wildman–Crippen LogP) is 3.76. The second-order valence-electron chi connectivity index (χ2n) is 6.01. The molecule has 26 heavy (non-hydrogen) atoms. The Bertz CT molecular complexity index is 555. The molecular formula is C16H29N2O7P. The Morgan fingerprint density at radius 1 is 1.04 bits per heavy atom. The highest BCUT2D eigenvalue weighted by molar-refractivity contribution is 7.54. The quantitative estimate of drug-likeness (QED) is 0.481. The fraction of sp³-hybridized carbons (Fsp3) is 0.750. The zero-order chi connectivity index (χ0) is 19.9. The summed E-state index contributed by atoms with van der Waals surface area (Å²) in [7, 11) is -3.77. The van der Waals surface area contributed by atoms with Crippen LogP contribution in [-0.2, 0) is 23.1 Å². The van der Waals surface area contributed by atoms with Crippen molar-refractivity contribution >= 4 is 19.8 Å². The zero-order valence-corrected chi connectivity index (χ0v) is 17.1. The lowest BCUT2D eigenvalue weighted by molar-refractivity contribution is -0.0395. The van der Waals surface area contributed by atoms with Gasteiger partial charge in [0, 0.05) is 0 Å². The SMILES string of the molecule is CCOP(=O)(OCC)C1C=CCN(C(=O)OC(C)C)N1C(=O)OC(C)C. The van der Waals surface area contributed by atoms with Gasteiger partial charge >= 0.3 is 19.8 Å². The van der Waals surface area contributed by atoms with Crippen LogP contribution in [0.2, 0.25) is 0 Å². The topological polar surface area (TPSA) is 94.6 Å². The van der Waals surface area contributed by atoms with Gasteiger partial charge < -0.3 is 18.5 Å². The van der Waals surface area contributed by atoms with E-state index in [2.05, 4.69) is 0 Å². The van der Waals surface area contributed by atoms with Crippen LogP contribution in [0.3, 0.4) is 0 Å². The van der Waals surface area contributed by atoms with Crippen LogP contribution in [0.25, 0.3) is 0 Å². The van der Waals surface area contributed by atoms with Crippen molar-refractivity contribution in [3.63, 3.8) is 0 Å². The summed E-state index contributed by atoms with van der Waals surface area (Å²) in [6, 6.07) is 0. The Morgan fingerprint density at radius 3 is 2.00 bits per heavy atom. The third-order valence-electron chi connectivity index (χ3n) is 3.11. The molecule has 9 nitrogen and oxygen atoms in total. The van der Waals surface area contributed by atoms with Crippen LogP contribution in [0.15, 0.2) is 12.2 Å². The summed E-state index contributed by atoms with van der Waals surface area (Å²) < 4.78 is 34.4. The van der Waals surface area contributed by atoms with E-state index >= 15 is 0 Å². The van der Waals surface area contributed by atoms with Gasteiger partial charge in [0.15, 0.2) is 5.78 Å². The summed E-state index contributed by atoms with van der Waals surface area (Å²) in [5.74, 6) is -1.14. The predicted molar refractivity (Wildman–Crippen MR) is 95.6 cm³/mol. The van der Waals surface area contributed by atoms with Crippen molar-refractivity contribution in [3.05, 3.63) is 12.2 Å². The summed E-state index contributed by atoms with van der Waals surface area (Å²) in [6.07, 6.45) is 0.712. The molecule has 0 fully saturated rings. The van der Waals surface area contributed by atoms with Gasteiger partial charge in [0.2, 0.25) is 0 Å². The van der Waals surface area contributed by atoms with Crippen molar-refractivity contribution in [1.82, 2.24) is 10.0 Å². The van der Waals surface area contributed by atoms with Crippen molar-refractivity contribution in [2.45, 2.75) is 59.5 Å². The third kappa shape index (κ3) is 5.72. The maximum absolute atomic E-state index is 13.2. The first-order valence-electron chi connectivity index (χ1n) is 8.69. The van der Waals surface area contributed by atoms with Crippen LogP contribution in [0.5, 0.6) is 0 Å². The molecule has 2 amide bonds. The molecular weight excluding hydrogens is 363 g/mol. The van der Waals surface area contributed by atoms with E-state index in [4.69, 9.17) is 18.5 Å². The molecule has 0 N–H and O–H groups in total. The molecule has 10 heteroatoms. The van der Waals surface area contributed by atoms with E-state index in [-0.39, 0.29) is 25.9 Å². The number of hydrazine groups is 1. The third-order valence-corrected chi connectivity index (χ3v) is 5.39. The molecule has 0 aliphatic carbocycles. The first-order valence-corrected chi connectivity index (χ1v) is 10.3. The molecule has 1 aliphatic heterocycles. The molecule has 0 aromatic rings. The maximum atomic E-state index is 13.2. The Hall–Kier alpha value is -1.57. The lowest BCUT2D eigenvalue weighted by atomic mass is 10.4. The fourth-order valence-corrected chi connectivity index (χ4v) is 4.19. The largest absolute Gasteiger partial charge is 0.445 e. The van der Waals surface area contributed by atoms with Gasteiger partial charge in [0.25, 0.3) is 0 Å². The van der Waals surface area contributed by atoms with E-state index in [0.717, 1.165) is 10.0 Å². The molecule has 1 atom stereocenters. The highest BCUT2D eigenvalue weighted by Crippen LogP contribution is 2.55. The molecule has 0 aromatic heterocycles. The average molecular weight is 392 g/mol. The molecule has 0 saturated carbocycles. The summed E-state index contributed by atoms with van der Waals surface area (Å²) in [6.45, 7) is 10.4. The first kappa shape index (κ1) is 22.5. The minimum atomic E-state index is -3.77. The number of carbonyl (C=O) groups is 2. The van der Waals surface area contributed by atoms with Crippen molar-refractivity contribution in [1.29, 1.82) is 0 Å². The van der Waals surface area contributed by atoms with Gasteiger partial charge in [0.1, 0.15) is 0 Å².